The highest BCUT2D eigenvalue weighted by Crippen LogP contribution is 2.19. The third kappa shape index (κ3) is 2.63. The molecule has 19 heavy (non-hydrogen) atoms. The molecule has 6 heteroatoms. The second-order valence-electron chi connectivity index (χ2n) is 4.55. The molecule has 1 fully saturated rings. The van der Waals surface area contributed by atoms with Crippen LogP contribution in [0.4, 0.5) is 0 Å². The molecule has 0 unspecified atom stereocenters. The second kappa shape index (κ2) is 5.19. The van der Waals surface area contributed by atoms with Gasteiger partial charge >= 0.3 is 0 Å². The number of amides is 1. The number of carbonyl (C=O) groups is 1. The van der Waals surface area contributed by atoms with Crippen molar-refractivity contribution < 1.29 is 9.32 Å². The Labute approximate surface area is 110 Å². The summed E-state index contributed by atoms with van der Waals surface area (Å²) >= 11 is 0. The lowest BCUT2D eigenvalue weighted by atomic mass is 10.0. The van der Waals surface area contributed by atoms with Gasteiger partial charge in [0.05, 0.1) is 0 Å². The topological polar surface area (TPSA) is 80.0 Å². The van der Waals surface area contributed by atoms with Crippen molar-refractivity contribution in [3.8, 4) is 11.3 Å². The normalized spacial score (nSPS) is 14.9. The van der Waals surface area contributed by atoms with Crippen molar-refractivity contribution in [1.29, 1.82) is 0 Å². The van der Waals surface area contributed by atoms with Gasteiger partial charge in [-0.15, -0.1) is 0 Å². The largest absolute Gasteiger partial charge is 0.355 e. The molecule has 3 heterocycles. The van der Waals surface area contributed by atoms with E-state index in [0.717, 1.165) is 18.7 Å². The maximum absolute atomic E-state index is 11.9. The molecule has 0 atom stereocenters. The fourth-order valence-corrected chi connectivity index (χ4v) is 1.85. The molecule has 98 valence electrons. The molecule has 2 aromatic heterocycles. The van der Waals surface area contributed by atoms with E-state index in [9.17, 15) is 4.79 Å². The van der Waals surface area contributed by atoms with Gasteiger partial charge in [-0.25, -0.2) is 0 Å². The molecule has 1 aliphatic rings. The Balaban J connectivity index is 1.65. The molecule has 6 nitrogen and oxygen atoms in total. The summed E-state index contributed by atoms with van der Waals surface area (Å²) in [6.07, 6.45) is 3.34. The molecule has 1 saturated heterocycles. The van der Waals surface area contributed by atoms with Gasteiger partial charge < -0.3 is 15.2 Å². The fraction of sp³-hybridized carbons (Fsp3) is 0.308. The molecule has 0 spiro atoms. The van der Waals surface area contributed by atoms with Crippen LogP contribution in [0.15, 0.2) is 35.1 Å². The van der Waals surface area contributed by atoms with Crippen LogP contribution in [0.3, 0.4) is 0 Å². The minimum absolute atomic E-state index is 0.198. The maximum atomic E-state index is 11.9. The maximum Gasteiger partial charge on any atom is 0.273 e. The van der Waals surface area contributed by atoms with E-state index in [2.05, 4.69) is 20.8 Å². The van der Waals surface area contributed by atoms with Gasteiger partial charge in [0.2, 0.25) is 0 Å². The Morgan fingerprint density at radius 1 is 1.42 bits per heavy atom. The Kier molecular flexibility index (Phi) is 3.24. The third-order valence-corrected chi connectivity index (χ3v) is 3.12. The van der Waals surface area contributed by atoms with Crippen LogP contribution in [0, 0.1) is 5.92 Å². The van der Waals surface area contributed by atoms with Crippen molar-refractivity contribution in [3.63, 3.8) is 0 Å². The molecule has 0 aliphatic carbocycles. The van der Waals surface area contributed by atoms with E-state index in [1.807, 2.05) is 12.1 Å². The van der Waals surface area contributed by atoms with Crippen molar-refractivity contribution in [2.45, 2.75) is 0 Å². The molecule has 0 bridgehead atoms. The van der Waals surface area contributed by atoms with Crippen LogP contribution in [-0.2, 0) is 0 Å². The SMILES string of the molecule is O=C(NCC1CNC1)c1cc(-c2ccncc2)on1. The number of nitrogens with zero attached hydrogens (tertiary/aromatic N) is 2. The summed E-state index contributed by atoms with van der Waals surface area (Å²) in [6.45, 7) is 2.59. The molecule has 0 saturated carbocycles. The van der Waals surface area contributed by atoms with Crippen molar-refractivity contribution in [2.75, 3.05) is 19.6 Å². The summed E-state index contributed by atoms with van der Waals surface area (Å²) in [5.41, 5.74) is 1.16. The van der Waals surface area contributed by atoms with Crippen LogP contribution in [0.1, 0.15) is 10.5 Å². The third-order valence-electron chi connectivity index (χ3n) is 3.12. The zero-order valence-electron chi connectivity index (χ0n) is 10.3. The second-order valence-corrected chi connectivity index (χ2v) is 4.55. The predicted octanol–water partition coefficient (Wildman–Crippen LogP) is 0.686. The lowest BCUT2D eigenvalue weighted by Crippen LogP contribution is -2.48. The van der Waals surface area contributed by atoms with Gasteiger partial charge in [-0.2, -0.15) is 0 Å². The Bertz CT molecular complexity index is 563. The molecule has 3 rings (SSSR count). The van der Waals surface area contributed by atoms with Gasteiger partial charge in [0.25, 0.3) is 5.91 Å². The average Bonchev–Trinajstić information content (AvgIpc) is 2.87. The molecule has 0 radical (unpaired) electrons. The van der Waals surface area contributed by atoms with E-state index in [1.165, 1.54) is 0 Å². The molecular weight excluding hydrogens is 244 g/mol. The van der Waals surface area contributed by atoms with Crippen molar-refractivity contribution >= 4 is 5.91 Å². The van der Waals surface area contributed by atoms with Crippen LogP contribution in [0.25, 0.3) is 11.3 Å². The van der Waals surface area contributed by atoms with E-state index >= 15 is 0 Å². The molecule has 1 amide bonds. The minimum atomic E-state index is -0.198. The molecule has 2 N–H and O–H groups in total. The van der Waals surface area contributed by atoms with Crippen molar-refractivity contribution in [3.05, 3.63) is 36.3 Å². The molecule has 2 aromatic rings. The summed E-state index contributed by atoms with van der Waals surface area (Å²) in [6, 6.07) is 5.26. The molecule has 1 aliphatic heterocycles. The number of hydrogen-bond acceptors (Lipinski definition) is 5. The monoisotopic (exact) mass is 258 g/mol. The number of carbonyl (C=O) groups excluding carboxylic acids is 1. The summed E-state index contributed by atoms with van der Waals surface area (Å²) in [7, 11) is 0. The van der Waals surface area contributed by atoms with E-state index < -0.39 is 0 Å². The zero-order valence-corrected chi connectivity index (χ0v) is 10.3. The summed E-state index contributed by atoms with van der Waals surface area (Å²) in [5, 5.41) is 9.80. The van der Waals surface area contributed by atoms with Crippen LogP contribution in [0.5, 0.6) is 0 Å². The summed E-state index contributed by atoms with van der Waals surface area (Å²) in [5.74, 6) is 0.893. The van der Waals surface area contributed by atoms with Crippen LogP contribution in [0.2, 0.25) is 0 Å². The van der Waals surface area contributed by atoms with Crippen molar-refractivity contribution in [1.82, 2.24) is 20.8 Å². The van der Waals surface area contributed by atoms with E-state index in [0.29, 0.717) is 23.9 Å². The fourth-order valence-electron chi connectivity index (χ4n) is 1.85. The van der Waals surface area contributed by atoms with Gasteiger partial charge in [0.15, 0.2) is 11.5 Å². The number of rotatable bonds is 4. The quantitative estimate of drug-likeness (QED) is 0.843. The molecule has 0 aromatic carbocycles. The first kappa shape index (κ1) is 11.9. The van der Waals surface area contributed by atoms with Crippen LogP contribution < -0.4 is 10.6 Å². The first-order valence-corrected chi connectivity index (χ1v) is 6.19. The highest BCUT2D eigenvalue weighted by Gasteiger charge is 2.19. The van der Waals surface area contributed by atoms with Crippen LogP contribution in [-0.4, -0.2) is 35.7 Å². The van der Waals surface area contributed by atoms with Gasteiger partial charge in [-0.3, -0.25) is 9.78 Å². The van der Waals surface area contributed by atoms with Crippen molar-refractivity contribution in [2.24, 2.45) is 5.92 Å². The highest BCUT2D eigenvalue weighted by molar-refractivity contribution is 5.93. The van der Waals surface area contributed by atoms with Gasteiger partial charge in [-0.05, 0) is 12.1 Å². The van der Waals surface area contributed by atoms with Gasteiger partial charge in [0.1, 0.15) is 0 Å². The lowest BCUT2D eigenvalue weighted by molar-refractivity contribution is 0.0933. The van der Waals surface area contributed by atoms with E-state index in [4.69, 9.17) is 4.52 Å². The van der Waals surface area contributed by atoms with Crippen LogP contribution >= 0.6 is 0 Å². The number of hydrogen-bond donors (Lipinski definition) is 2. The number of aromatic nitrogens is 2. The highest BCUT2D eigenvalue weighted by atomic mass is 16.5. The summed E-state index contributed by atoms with van der Waals surface area (Å²) < 4.78 is 5.17. The molecular formula is C13H14N4O2. The Morgan fingerprint density at radius 3 is 2.89 bits per heavy atom. The summed E-state index contributed by atoms with van der Waals surface area (Å²) in [4.78, 5) is 15.8. The predicted molar refractivity (Wildman–Crippen MR) is 68.4 cm³/mol. The van der Waals surface area contributed by atoms with E-state index in [1.54, 1.807) is 18.5 Å². The van der Waals surface area contributed by atoms with Gasteiger partial charge in [0, 0.05) is 49.6 Å². The van der Waals surface area contributed by atoms with E-state index in [-0.39, 0.29) is 5.91 Å². The lowest BCUT2D eigenvalue weighted by Gasteiger charge is -2.26. The standard InChI is InChI=1S/C13H14N4O2/c18-13(16-8-9-6-15-7-9)11-5-12(19-17-11)10-1-3-14-4-2-10/h1-5,9,15H,6-8H2,(H,16,18). The minimum Gasteiger partial charge on any atom is -0.355 e. The first-order chi connectivity index (χ1) is 9.33. The number of pyridine rings is 1. The first-order valence-electron chi connectivity index (χ1n) is 6.19. The Hall–Kier alpha value is -2.21. The van der Waals surface area contributed by atoms with Gasteiger partial charge in [-0.1, -0.05) is 5.16 Å². The number of nitrogens with one attached hydrogen (secondary N) is 2. The average molecular weight is 258 g/mol. The Morgan fingerprint density at radius 2 is 2.21 bits per heavy atom. The zero-order chi connectivity index (χ0) is 13.1. The smallest absolute Gasteiger partial charge is 0.273 e.